The number of aromatic amines is 1. The SMILES string of the molecule is CCCCCC1=CCC(Cc2c[nH]cc2C)CC1. The van der Waals surface area contributed by atoms with Crippen LogP contribution in [0, 0.1) is 12.8 Å². The molecule has 0 aliphatic heterocycles. The van der Waals surface area contributed by atoms with E-state index in [1.165, 1.54) is 62.5 Å². The molecule has 0 radical (unpaired) electrons. The molecule has 2 rings (SSSR count). The number of rotatable bonds is 6. The second-order valence-corrected chi connectivity index (χ2v) is 5.83. The van der Waals surface area contributed by atoms with Crippen molar-refractivity contribution in [3.8, 4) is 0 Å². The predicted octanol–water partition coefficient (Wildman–Crippen LogP) is 5.17. The van der Waals surface area contributed by atoms with Gasteiger partial charge in [-0.2, -0.15) is 0 Å². The van der Waals surface area contributed by atoms with E-state index in [1.54, 1.807) is 5.57 Å². The highest BCUT2D eigenvalue weighted by molar-refractivity contribution is 5.22. The van der Waals surface area contributed by atoms with Crippen LogP contribution >= 0.6 is 0 Å². The minimum atomic E-state index is 0.870. The van der Waals surface area contributed by atoms with E-state index in [0.29, 0.717) is 0 Å². The number of aromatic nitrogens is 1. The average molecular weight is 245 g/mol. The van der Waals surface area contributed by atoms with Crippen molar-refractivity contribution in [1.29, 1.82) is 0 Å². The van der Waals surface area contributed by atoms with Crippen LogP contribution in [0.3, 0.4) is 0 Å². The molecule has 18 heavy (non-hydrogen) atoms. The highest BCUT2D eigenvalue weighted by Crippen LogP contribution is 2.29. The maximum atomic E-state index is 3.22. The van der Waals surface area contributed by atoms with Crippen LogP contribution in [0.5, 0.6) is 0 Å². The number of unbranched alkanes of at least 4 members (excludes halogenated alkanes) is 2. The molecule has 1 nitrogen and oxygen atoms in total. The van der Waals surface area contributed by atoms with E-state index < -0.39 is 0 Å². The summed E-state index contributed by atoms with van der Waals surface area (Å²) in [5.74, 6) is 0.870. The third kappa shape index (κ3) is 3.76. The number of aryl methyl sites for hydroxylation is 1. The van der Waals surface area contributed by atoms with Crippen molar-refractivity contribution in [1.82, 2.24) is 4.98 Å². The summed E-state index contributed by atoms with van der Waals surface area (Å²) in [6, 6.07) is 0. The first-order chi connectivity index (χ1) is 8.79. The molecule has 1 aromatic rings. The molecule has 0 spiro atoms. The first-order valence-electron chi connectivity index (χ1n) is 7.59. The van der Waals surface area contributed by atoms with Gasteiger partial charge in [0.25, 0.3) is 0 Å². The molecular weight excluding hydrogens is 218 g/mol. The van der Waals surface area contributed by atoms with Crippen LogP contribution in [0.25, 0.3) is 0 Å². The second-order valence-electron chi connectivity index (χ2n) is 5.83. The van der Waals surface area contributed by atoms with Gasteiger partial charge >= 0.3 is 0 Å². The molecular formula is C17H27N. The summed E-state index contributed by atoms with van der Waals surface area (Å²) in [5, 5.41) is 0. The normalized spacial score (nSPS) is 19.9. The van der Waals surface area contributed by atoms with Gasteiger partial charge in [-0.25, -0.2) is 0 Å². The standard InChI is InChI=1S/C17H27N/c1-3-4-5-6-15-7-9-16(10-8-15)11-17-13-18-12-14(17)2/h7,12-13,16,18H,3-6,8-11H2,1-2H3. The van der Waals surface area contributed by atoms with Gasteiger partial charge in [0.05, 0.1) is 0 Å². The Bertz CT molecular complexity index is 386. The lowest BCUT2D eigenvalue weighted by Crippen LogP contribution is -2.09. The van der Waals surface area contributed by atoms with E-state index in [2.05, 4.69) is 37.3 Å². The maximum absolute atomic E-state index is 3.22. The Morgan fingerprint density at radius 3 is 2.78 bits per heavy atom. The number of allylic oxidation sites excluding steroid dienone is 2. The lowest BCUT2D eigenvalue weighted by Gasteiger charge is -2.22. The quantitative estimate of drug-likeness (QED) is 0.525. The van der Waals surface area contributed by atoms with Crippen molar-refractivity contribution in [2.45, 2.75) is 65.2 Å². The summed E-state index contributed by atoms with van der Waals surface area (Å²) in [6.45, 7) is 4.49. The molecule has 1 atom stereocenters. The van der Waals surface area contributed by atoms with Crippen LogP contribution in [-0.2, 0) is 6.42 Å². The Kier molecular flexibility index (Phi) is 5.10. The molecule has 1 aliphatic carbocycles. The van der Waals surface area contributed by atoms with Crippen molar-refractivity contribution >= 4 is 0 Å². The number of hydrogen-bond donors (Lipinski definition) is 1. The lowest BCUT2D eigenvalue weighted by atomic mass is 9.84. The summed E-state index contributed by atoms with van der Waals surface area (Å²) < 4.78 is 0. The van der Waals surface area contributed by atoms with Crippen molar-refractivity contribution < 1.29 is 0 Å². The second kappa shape index (κ2) is 6.82. The van der Waals surface area contributed by atoms with E-state index in [4.69, 9.17) is 0 Å². The van der Waals surface area contributed by atoms with Gasteiger partial charge in [0, 0.05) is 12.4 Å². The van der Waals surface area contributed by atoms with Crippen molar-refractivity contribution in [2.75, 3.05) is 0 Å². The molecule has 1 heterocycles. The first kappa shape index (κ1) is 13.5. The predicted molar refractivity (Wildman–Crippen MR) is 78.8 cm³/mol. The van der Waals surface area contributed by atoms with Gasteiger partial charge in [0.15, 0.2) is 0 Å². The fourth-order valence-corrected chi connectivity index (χ4v) is 2.96. The van der Waals surface area contributed by atoms with E-state index in [0.717, 1.165) is 5.92 Å². The van der Waals surface area contributed by atoms with Gasteiger partial charge in [0.1, 0.15) is 0 Å². The summed E-state index contributed by atoms with van der Waals surface area (Å²) in [5.41, 5.74) is 4.67. The summed E-state index contributed by atoms with van der Waals surface area (Å²) in [4.78, 5) is 3.22. The molecule has 0 aromatic carbocycles. The molecule has 0 amide bonds. The van der Waals surface area contributed by atoms with Gasteiger partial charge < -0.3 is 4.98 Å². The van der Waals surface area contributed by atoms with Crippen molar-refractivity contribution in [3.05, 3.63) is 35.2 Å². The van der Waals surface area contributed by atoms with Gasteiger partial charge in [-0.3, -0.25) is 0 Å². The van der Waals surface area contributed by atoms with Crippen LogP contribution in [0.1, 0.15) is 63.0 Å². The van der Waals surface area contributed by atoms with Gasteiger partial charge in [0.2, 0.25) is 0 Å². The zero-order valence-corrected chi connectivity index (χ0v) is 12.0. The smallest absolute Gasteiger partial charge is 0.00401 e. The third-order valence-corrected chi connectivity index (χ3v) is 4.29. The van der Waals surface area contributed by atoms with E-state index >= 15 is 0 Å². The Labute approximate surface area is 112 Å². The Hall–Kier alpha value is -0.980. The Balaban J connectivity index is 1.77. The molecule has 0 fully saturated rings. The molecule has 100 valence electrons. The average Bonchev–Trinajstić information content (AvgIpc) is 2.78. The fourth-order valence-electron chi connectivity index (χ4n) is 2.96. The minimum absolute atomic E-state index is 0.870. The van der Waals surface area contributed by atoms with Gasteiger partial charge in [-0.1, -0.05) is 31.4 Å². The Morgan fingerprint density at radius 2 is 2.17 bits per heavy atom. The van der Waals surface area contributed by atoms with E-state index in [1.807, 2.05) is 0 Å². The molecule has 1 N–H and O–H groups in total. The van der Waals surface area contributed by atoms with E-state index in [9.17, 15) is 0 Å². The number of H-pyrrole nitrogens is 1. The van der Waals surface area contributed by atoms with Crippen molar-refractivity contribution in [3.63, 3.8) is 0 Å². The minimum Gasteiger partial charge on any atom is -0.367 e. The fraction of sp³-hybridized carbons (Fsp3) is 0.647. The molecule has 0 saturated heterocycles. The molecule has 0 saturated carbocycles. The summed E-state index contributed by atoms with van der Waals surface area (Å²) >= 11 is 0. The zero-order valence-electron chi connectivity index (χ0n) is 12.0. The Morgan fingerprint density at radius 1 is 1.28 bits per heavy atom. The maximum Gasteiger partial charge on any atom is 0.00401 e. The van der Waals surface area contributed by atoms with Gasteiger partial charge in [-0.05, 0) is 62.5 Å². The molecule has 1 unspecified atom stereocenters. The number of hydrogen-bond acceptors (Lipinski definition) is 0. The molecule has 1 heteroatoms. The van der Waals surface area contributed by atoms with Crippen LogP contribution in [0.4, 0.5) is 0 Å². The topological polar surface area (TPSA) is 15.8 Å². The molecule has 1 aliphatic rings. The monoisotopic (exact) mass is 245 g/mol. The summed E-state index contributed by atoms with van der Waals surface area (Å²) in [6.07, 6.45) is 17.6. The van der Waals surface area contributed by atoms with Crippen LogP contribution in [-0.4, -0.2) is 4.98 Å². The van der Waals surface area contributed by atoms with Gasteiger partial charge in [-0.15, -0.1) is 0 Å². The molecule has 0 bridgehead atoms. The first-order valence-corrected chi connectivity index (χ1v) is 7.59. The van der Waals surface area contributed by atoms with E-state index in [-0.39, 0.29) is 0 Å². The highest BCUT2D eigenvalue weighted by Gasteiger charge is 2.15. The third-order valence-electron chi connectivity index (χ3n) is 4.29. The molecule has 1 aromatic heterocycles. The summed E-state index contributed by atoms with van der Waals surface area (Å²) in [7, 11) is 0. The van der Waals surface area contributed by atoms with Crippen LogP contribution in [0.2, 0.25) is 0 Å². The highest BCUT2D eigenvalue weighted by atomic mass is 14.6. The van der Waals surface area contributed by atoms with Crippen molar-refractivity contribution in [2.24, 2.45) is 5.92 Å². The number of nitrogens with one attached hydrogen (secondary N) is 1. The largest absolute Gasteiger partial charge is 0.367 e. The lowest BCUT2D eigenvalue weighted by molar-refractivity contribution is 0.458. The van der Waals surface area contributed by atoms with Crippen LogP contribution < -0.4 is 0 Å². The zero-order chi connectivity index (χ0) is 12.8. The van der Waals surface area contributed by atoms with Crippen LogP contribution in [0.15, 0.2) is 24.0 Å².